The van der Waals surface area contributed by atoms with Crippen molar-refractivity contribution < 1.29 is 18.1 Å². The lowest BCUT2D eigenvalue weighted by Crippen LogP contribution is -2.48. The molecular weight excluding hydrogens is 410 g/mol. The van der Waals surface area contributed by atoms with Crippen LogP contribution in [0.2, 0.25) is 0 Å². The van der Waals surface area contributed by atoms with E-state index >= 15 is 0 Å². The summed E-state index contributed by atoms with van der Waals surface area (Å²) in [6, 6.07) is -0.157. The first-order valence-electron chi connectivity index (χ1n) is 12.5. The average molecular weight is 454 g/mol. The van der Waals surface area contributed by atoms with Crippen LogP contribution in [0.25, 0.3) is 0 Å². The molecule has 4 unspecified atom stereocenters. The van der Waals surface area contributed by atoms with Crippen LogP contribution in [-0.2, 0) is 10.3 Å². The van der Waals surface area contributed by atoms with E-state index in [4.69, 9.17) is 4.55 Å². The van der Waals surface area contributed by atoms with Gasteiger partial charge in [-0.15, -0.1) is 0 Å². The highest BCUT2D eigenvalue weighted by Crippen LogP contribution is 2.64. The molecule has 0 radical (unpaired) electrons. The van der Waals surface area contributed by atoms with Gasteiger partial charge in [0.2, 0.25) is 0 Å². The SMILES string of the molecule is CC(CCC(C)(C)O)[C@H]1CCC2C3CC=C4C[C@@H](NS(=O)(=O)O)CC[C@@H]4C3CC[C@@]21C. The molecule has 5 nitrogen and oxygen atoms in total. The molecule has 0 aromatic heterocycles. The van der Waals surface area contributed by atoms with E-state index in [9.17, 15) is 13.5 Å². The van der Waals surface area contributed by atoms with Crippen LogP contribution in [0.5, 0.6) is 0 Å². The Bertz CT molecular complexity index is 801. The Morgan fingerprint density at radius 3 is 2.61 bits per heavy atom. The third kappa shape index (κ3) is 4.92. The van der Waals surface area contributed by atoms with E-state index < -0.39 is 15.9 Å². The van der Waals surface area contributed by atoms with E-state index in [1.807, 2.05) is 13.8 Å². The minimum Gasteiger partial charge on any atom is -0.390 e. The Hall–Kier alpha value is -0.430. The van der Waals surface area contributed by atoms with Gasteiger partial charge >= 0.3 is 10.3 Å². The molecule has 0 amide bonds. The summed E-state index contributed by atoms with van der Waals surface area (Å²) in [6.45, 7) is 8.84. The molecule has 0 bridgehead atoms. The second-order valence-corrected chi connectivity index (χ2v) is 13.4. The third-order valence-electron chi connectivity index (χ3n) is 9.73. The van der Waals surface area contributed by atoms with Crippen LogP contribution < -0.4 is 4.72 Å². The zero-order valence-corrected chi connectivity index (χ0v) is 20.6. The van der Waals surface area contributed by atoms with Gasteiger partial charge in [0.1, 0.15) is 0 Å². The summed E-state index contributed by atoms with van der Waals surface area (Å²) in [6.07, 6.45) is 13.5. The Labute approximate surface area is 189 Å². The van der Waals surface area contributed by atoms with Crippen molar-refractivity contribution in [3.8, 4) is 0 Å². The van der Waals surface area contributed by atoms with Crippen LogP contribution in [0.1, 0.15) is 91.9 Å². The Balaban J connectivity index is 1.45. The fourth-order valence-electron chi connectivity index (χ4n) is 8.34. The van der Waals surface area contributed by atoms with Gasteiger partial charge in [-0.25, -0.2) is 0 Å². The number of nitrogens with one attached hydrogen (secondary N) is 1. The van der Waals surface area contributed by atoms with Gasteiger partial charge in [-0.3, -0.25) is 4.55 Å². The van der Waals surface area contributed by atoms with Crippen molar-refractivity contribution in [1.82, 2.24) is 4.72 Å². The summed E-state index contributed by atoms with van der Waals surface area (Å²) in [7, 11) is -4.13. The van der Waals surface area contributed by atoms with Gasteiger partial charge in [-0.1, -0.05) is 25.5 Å². The van der Waals surface area contributed by atoms with E-state index in [2.05, 4.69) is 24.6 Å². The van der Waals surface area contributed by atoms with Crippen molar-refractivity contribution in [3.05, 3.63) is 11.6 Å². The first-order chi connectivity index (χ1) is 14.4. The number of fused-ring (bicyclic) bond motifs is 5. The fourth-order valence-corrected chi connectivity index (χ4v) is 8.96. The summed E-state index contributed by atoms with van der Waals surface area (Å²) < 4.78 is 34.1. The molecule has 3 saturated carbocycles. The van der Waals surface area contributed by atoms with Gasteiger partial charge in [0.15, 0.2) is 0 Å². The maximum absolute atomic E-state index is 11.2. The van der Waals surface area contributed by atoms with Crippen LogP contribution in [0.15, 0.2) is 11.6 Å². The third-order valence-corrected chi connectivity index (χ3v) is 10.4. The molecule has 0 saturated heterocycles. The predicted molar refractivity (Wildman–Crippen MR) is 124 cm³/mol. The van der Waals surface area contributed by atoms with E-state index in [-0.39, 0.29) is 6.04 Å². The normalized spacial score (nSPS) is 41.7. The van der Waals surface area contributed by atoms with Crippen molar-refractivity contribution >= 4 is 10.3 Å². The average Bonchev–Trinajstić information content (AvgIpc) is 3.01. The minimum atomic E-state index is -4.13. The lowest BCUT2D eigenvalue weighted by Gasteiger charge is -2.54. The topological polar surface area (TPSA) is 86.6 Å². The van der Waals surface area contributed by atoms with Gasteiger partial charge < -0.3 is 5.11 Å². The summed E-state index contributed by atoms with van der Waals surface area (Å²) >= 11 is 0. The van der Waals surface area contributed by atoms with E-state index in [1.54, 1.807) is 0 Å². The Morgan fingerprint density at radius 2 is 1.94 bits per heavy atom. The zero-order valence-electron chi connectivity index (χ0n) is 19.8. The van der Waals surface area contributed by atoms with E-state index in [1.165, 1.54) is 31.3 Å². The Kier molecular flexibility index (Phi) is 6.44. The van der Waals surface area contributed by atoms with Crippen molar-refractivity contribution in [1.29, 1.82) is 0 Å². The molecular formula is C25H43NO4S. The number of hydrogen-bond acceptors (Lipinski definition) is 3. The monoisotopic (exact) mass is 453 g/mol. The Morgan fingerprint density at radius 1 is 1.19 bits per heavy atom. The van der Waals surface area contributed by atoms with E-state index in [0.717, 1.165) is 62.2 Å². The molecule has 0 aliphatic heterocycles. The summed E-state index contributed by atoms with van der Waals surface area (Å²) in [4.78, 5) is 0. The lowest BCUT2D eigenvalue weighted by molar-refractivity contribution is -0.0281. The van der Waals surface area contributed by atoms with Crippen LogP contribution in [0.3, 0.4) is 0 Å². The van der Waals surface area contributed by atoms with Crippen LogP contribution >= 0.6 is 0 Å². The molecule has 0 aromatic rings. The standard InChI is InChI=1S/C25H43NO4S/c1-16(11-13-24(2,3)27)22-9-10-23-21-7-5-17-15-18(26-31(28,29)30)6-8-19(17)20(21)12-14-25(22,23)4/h5,16,18-23,26-27H,6-15H2,1-4H3,(H,28,29,30)/t16?,18-,19-,20?,21?,22+,23?,25+/m0/s1. The molecule has 178 valence electrons. The summed E-state index contributed by atoms with van der Waals surface area (Å²) in [5.74, 6) is 4.34. The van der Waals surface area contributed by atoms with Crippen molar-refractivity contribution in [2.24, 2.45) is 40.9 Å². The molecule has 4 aliphatic rings. The molecule has 4 rings (SSSR count). The second-order valence-electron chi connectivity index (χ2n) is 12.2. The summed E-state index contributed by atoms with van der Waals surface area (Å²) in [5.41, 5.74) is 1.29. The molecule has 31 heavy (non-hydrogen) atoms. The second kappa shape index (κ2) is 8.41. The maximum Gasteiger partial charge on any atom is 0.333 e. The molecule has 6 heteroatoms. The highest BCUT2D eigenvalue weighted by atomic mass is 32.2. The van der Waals surface area contributed by atoms with Gasteiger partial charge in [0, 0.05) is 6.04 Å². The minimum absolute atomic E-state index is 0.157. The smallest absolute Gasteiger partial charge is 0.333 e. The fraction of sp³-hybridized carbons (Fsp3) is 0.920. The van der Waals surface area contributed by atoms with Crippen LogP contribution in [0.4, 0.5) is 0 Å². The molecule has 3 N–H and O–H groups in total. The number of allylic oxidation sites excluding steroid dienone is 1. The molecule has 0 heterocycles. The maximum atomic E-state index is 11.2. The number of hydrogen-bond donors (Lipinski definition) is 3. The number of aliphatic hydroxyl groups is 1. The van der Waals surface area contributed by atoms with E-state index in [0.29, 0.717) is 17.3 Å². The van der Waals surface area contributed by atoms with Crippen molar-refractivity contribution in [2.75, 3.05) is 0 Å². The zero-order chi connectivity index (χ0) is 22.6. The highest BCUT2D eigenvalue weighted by Gasteiger charge is 2.56. The largest absolute Gasteiger partial charge is 0.390 e. The molecule has 3 fully saturated rings. The first kappa shape index (κ1) is 23.7. The van der Waals surface area contributed by atoms with Crippen LogP contribution in [0, 0.1) is 40.9 Å². The number of rotatable bonds is 6. The molecule has 8 atom stereocenters. The van der Waals surface area contributed by atoms with Gasteiger partial charge in [-0.2, -0.15) is 13.1 Å². The van der Waals surface area contributed by atoms with Gasteiger partial charge in [0.05, 0.1) is 5.60 Å². The molecule has 0 aromatic carbocycles. The van der Waals surface area contributed by atoms with Gasteiger partial charge in [0.25, 0.3) is 0 Å². The van der Waals surface area contributed by atoms with Crippen LogP contribution in [-0.4, -0.2) is 29.7 Å². The molecule has 4 aliphatic carbocycles. The quantitative estimate of drug-likeness (QED) is 0.385. The summed E-state index contributed by atoms with van der Waals surface area (Å²) in [5, 5.41) is 10.2. The first-order valence-corrected chi connectivity index (χ1v) is 14.0. The predicted octanol–water partition coefficient (Wildman–Crippen LogP) is 5.12. The van der Waals surface area contributed by atoms with Gasteiger partial charge in [-0.05, 0) is 119 Å². The molecule has 0 spiro atoms. The lowest BCUT2D eigenvalue weighted by atomic mass is 9.51. The highest BCUT2D eigenvalue weighted by molar-refractivity contribution is 7.83. The van der Waals surface area contributed by atoms with Crippen molar-refractivity contribution in [2.45, 2.75) is 104 Å². The van der Waals surface area contributed by atoms with Crippen molar-refractivity contribution in [3.63, 3.8) is 0 Å².